The van der Waals surface area contributed by atoms with E-state index in [2.05, 4.69) is 10.4 Å². The second-order valence-corrected chi connectivity index (χ2v) is 4.14. The summed E-state index contributed by atoms with van der Waals surface area (Å²) in [5, 5.41) is 0. The molecule has 0 fully saturated rings. The van der Waals surface area contributed by atoms with Crippen LogP contribution in [-0.4, -0.2) is 23.8 Å². The second-order valence-electron chi connectivity index (χ2n) is 4.14. The number of nitrogens with two attached hydrogens (primary N) is 1. The van der Waals surface area contributed by atoms with Crippen molar-refractivity contribution in [2.24, 2.45) is 12.9 Å². The molecule has 1 heterocycles. The number of nitrogens with zero attached hydrogens (tertiary/aromatic N) is 2. The Morgan fingerprint density at radius 3 is 2.32 bits per heavy atom. The van der Waals surface area contributed by atoms with Gasteiger partial charge in [0, 0.05) is 13.2 Å². The lowest BCUT2D eigenvalue weighted by atomic mass is 10.0. The van der Waals surface area contributed by atoms with Gasteiger partial charge >= 0.3 is 0 Å². The molecule has 0 aliphatic rings. The molecule has 0 saturated carbocycles. The Kier molecular flexibility index (Phi) is 4.03. The molecule has 2 rings (SSSR count). The average molecular weight is 262 g/mol. The van der Waals surface area contributed by atoms with Crippen LogP contribution >= 0.6 is 0 Å². The van der Waals surface area contributed by atoms with Crippen LogP contribution in [0.1, 0.15) is 17.3 Å². The van der Waals surface area contributed by atoms with E-state index in [1.165, 1.54) is 0 Å². The molecule has 0 spiro atoms. The van der Waals surface area contributed by atoms with Crippen molar-refractivity contribution < 1.29 is 9.47 Å². The summed E-state index contributed by atoms with van der Waals surface area (Å²) < 4.78 is 12.6. The summed E-state index contributed by atoms with van der Waals surface area (Å²) >= 11 is 0. The van der Waals surface area contributed by atoms with Crippen molar-refractivity contribution in [1.82, 2.24) is 15.0 Å². The summed E-state index contributed by atoms with van der Waals surface area (Å²) in [6, 6.07) is 5.30. The van der Waals surface area contributed by atoms with Gasteiger partial charge in [0.1, 0.15) is 11.5 Å². The number of rotatable bonds is 5. The van der Waals surface area contributed by atoms with Gasteiger partial charge in [-0.25, -0.2) is 10.4 Å². The molecule has 0 bridgehead atoms. The molecule has 1 atom stereocenters. The lowest BCUT2D eigenvalue weighted by Crippen LogP contribution is -2.29. The van der Waals surface area contributed by atoms with Crippen LogP contribution in [0.25, 0.3) is 0 Å². The molecule has 0 aliphatic heterocycles. The number of aromatic nitrogens is 2. The molecular formula is C13H18N4O2. The van der Waals surface area contributed by atoms with Crippen LogP contribution in [-0.2, 0) is 7.05 Å². The molecular weight excluding hydrogens is 244 g/mol. The zero-order chi connectivity index (χ0) is 13.8. The predicted octanol–water partition coefficient (Wildman–Crippen LogP) is 0.990. The standard InChI is InChI=1S/C13H18N4O2/c1-17-7-9(15-8-17)13(16-14)12-10(18-2)5-4-6-11(12)19-3/h4-8,13,16H,14H2,1-3H3. The normalized spacial score (nSPS) is 12.2. The summed E-state index contributed by atoms with van der Waals surface area (Å²) in [5.41, 5.74) is 4.39. The number of hydrogen-bond donors (Lipinski definition) is 2. The van der Waals surface area contributed by atoms with Gasteiger partial charge in [0.2, 0.25) is 0 Å². The Morgan fingerprint density at radius 2 is 1.89 bits per heavy atom. The van der Waals surface area contributed by atoms with Gasteiger partial charge in [0.05, 0.1) is 37.8 Å². The number of nitrogens with one attached hydrogen (secondary N) is 1. The van der Waals surface area contributed by atoms with E-state index >= 15 is 0 Å². The van der Waals surface area contributed by atoms with Crippen LogP contribution in [0.15, 0.2) is 30.7 Å². The summed E-state index contributed by atoms with van der Waals surface area (Å²) in [4.78, 5) is 4.32. The Labute approximate surface area is 112 Å². The van der Waals surface area contributed by atoms with Crippen molar-refractivity contribution in [3.05, 3.63) is 42.0 Å². The summed E-state index contributed by atoms with van der Waals surface area (Å²) in [6.07, 6.45) is 3.62. The molecule has 0 amide bonds. The Balaban J connectivity index is 2.53. The van der Waals surface area contributed by atoms with Gasteiger partial charge < -0.3 is 14.0 Å². The van der Waals surface area contributed by atoms with Gasteiger partial charge in [-0.15, -0.1) is 0 Å². The van der Waals surface area contributed by atoms with Gasteiger partial charge in [-0.05, 0) is 12.1 Å². The summed E-state index contributed by atoms with van der Waals surface area (Å²) in [7, 11) is 5.14. The third-order valence-electron chi connectivity index (χ3n) is 2.94. The first-order chi connectivity index (χ1) is 9.21. The number of ether oxygens (including phenoxy) is 2. The maximum Gasteiger partial charge on any atom is 0.127 e. The maximum atomic E-state index is 5.68. The lowest BCUT2D eigenvalue weighted by molar-refractivity contribution is 0.376. The average Bonchev–Trinajstić information content (AvgIpc) is 2.86. The minimum Gasteiger partial charge on any atom is -0.496 e. The lowest BCUT2D eigenvalue weighted by Gasteiger charge is -2.20. The maximum absolute atomic E-state index is 5.68. The van der Waals surface area contributed by atoms with E-state index in [1.54, 1.807) is 20.5 Å². The van der Waals surface area contributed by atoms with Crippen molar-refractivity contribution >= 4 is 0 Å². The van der Waals surface area contributed by atoms with E-state index in [4.69, 9.17) is 15.3 Å². The first-order valence-corrected chi connectivity index (χ1v) is 5.86. The van der Waals surface area contributed by atoms with Crippen molar-refractivity contribution in [1.29, 1.82) is 0 Å². The van der Waals surface area contributed by atoms with E-state index in [9.17, 15) is 0 Å². The van der Waals surface area contributed by atoms with Crippen LogP contribution in [0, 0.1) is 0 Å². The Hall–Kier alpha value is -2.05. The van der Waals surface area contributed by atoms with E-state index in [0.29, 0.717) is 11.5 Å². The fourth-order valence-corrected chi connectivity index (χ4v) is 2.06. The van der Waals surface area contributed by atoms with Crippen LogP contribution < -0.4 is 20.7 Å². The quantitative estimate of drug-likeness (QED) is 0.621. The van der Waals surface area contributed by atoms with Crippen LogP contribution in [0.3, 0.4) is 0 Å². The topological polar surface area (TPSA) is 74.3 Å². The molecule has 1 aromatic carbocycles. The first kappa shape index (κ1) is 13.4. The van der Waals surface area contributed by atoms with Crippen molar-refractivity contribution in [2.75, 3.05) is 14.2 Å². The number of imidazole rings is 1. The molecule has 0 radical (unpaired) electrons. The van der Waals surface area contributed by atoms with Gasteiger partial charge in [-0.2, -0.15) is 0 Å². The highest BCUT2D eigenvalue weighted by molar-refractivity contribution is 5.49. The fourth-order valence-electron chi connectivity index (χ4n) is 2.06. The molecule has 19 heavy (non-hydrogen) atoms. The van der Waals surface area contributed by atoms with E-state index in [0.717, 1.165) is 11.3 Å². The van der Waals surface area contributed by atoms with Crippen molar-refractivity contribution in [2.45, 2.75) is 6.04 Å². The van der Waals surface area contributed by atoms with E-state index in [1.807, 2.05) is 36.0 Å². The summed E-state index contributed by atoms with van der Waals surface area (Å²) in [6.45, 7) is 0. The second kappa shape index (κ2) is 5.73. The first-order valence-electron chi connectivity index (χ1n) is 5.86. The molecule has 0 saturated heterocycles. The third kappa shape index (κ3) is 2.54. The molecule has 2 aromatic rings. The minimum absolute atomic E-state index is 0.299. The highest BCUT2D eigenvalue weighted by atomic mass is 16.5. The van der Waals surface area contributed by atoms with E-state index < -0.39 is 0 Å². The van der Waals surface area contributed by atoms with E-state index in [-0.39, 0.29) is 6.04 Å². The zero-order valence-corrected chi connectivity index (χ0v) is 11.3. The number of aryl methyl sites for hydroxylation is 1. The number of hydrazine groups is 1. The zero-order valence-electron chi connectivity index (χ0n) is 11.3. The predicted molar refractivity (Wildman–Crippen MR) is 71.9 cm³/mol. The number of hydrogen-bond acceptors (Lipinski definition) is 5. The Morgan fingerprint density at radius 1 is 1.26 bits per heavy atom. The Bertz CT molecular complexity index is 531. The van der Waals surface area contributed by atoms with Crippen molar-refractivity contribution in [3.63, 3.8) is 0 Å². The molecule has 1 aromatic heterocycles. The smallest absolute Gasteiger partial charge is 0.127 e. The monoisotopic (exact) mass is 262 g/mol. The number of methoxy groups -OCH3 is 2. The molecule has 0 aliphatic carbocycles. The largest absolute Gasteiger partial charge is 0.496 e. The van der Waals surface area contributed by atoms with Crippen LogP contribution in [0.5, 0.6) is 11.5 Å². The fraction of sp³-hybridized carbons (Fsp3) is 0.308. The van der Waals surface area contributed by atoms with Crippen LogP contribution in [0.2, 0.25) is 0 Å². The van der Waals surface area contributed by atoms with Gasteiger partial charge in [-0.3, -0.25) is 5.84 Å². The summed E-state index contributed by atoms with van der Waals surface area (Å²) in [5.74, 6) is 7.09. The number of benzene rings is 1. The molecule has 6 heteroatoms. The van der Waals surface area contributed by atoms with Gasteiger partial charge in [0.25, 0.3) is 0 Å². The van der Waals surface area contributed by atoms with Gasteiger partial charge in [0.15, 0.2) is 0 Å². The highest BCUT2D eigenvalue weighted by Crippen LogP contribution is 2.36. The molecule has 3 N–H and O–H groups in total. The molecule has 102 valence electrons. The van der Waals surface area contributed by atoms with Gasteiger partial charge in [-0.1, -0.05) is 6.07 Å². The molecule has 6 nitrogen and oxygen atoms in total. The third-order valence-corrected chi connectivity index (χ3v) is 2.94. The molecule has 1 unspecified atom stereocenters. The van der Waals surface area contributed by atoms with Crippen LogP contribution in [0.4, 0.5) is 0 Å². The SMILES string of the molecule is COc1cccc(OC)c1C(NN)c1cn(C)cn1. The minimum atomic E-state index is -0.299. The van der Waals surface area contributed by atoms with Crippen molar-refractivity contribution in [3.8, 4) is 11.5 Å². The highest BCUT2D eigenvalue weighted by Gasteiger charge is 2.23.